The van der Waals surface area contributed by atoms with Crippen LogP contribution in [0.5, 0.6) is 0 Å². The molecule has 1 unspecified atom stereocenters. The molecule has 2 heterocycles. The first-order valence-corrected chi connectivity index (χ1v) is 10.2. The van der Waals surface area contributed by atoms with Crippen molar-refractivity contribution in [3.8, 4) is 0 Å². The van der Waals surface area contributed by atoms with Crippen molar-refractivity contribution in [2.75, 3.05) is 31.1 Å². The maximum absolute atomic E-state index is 13.0. The SMILES string of the molecule is CCOC(=O)/C(N)=C/N(N)Cc1ccc(N2CCN3CCCCC3C2=O)c(C)c1. The minimum Gasteiger partial charge on any atom is -0.461 e. The number of nitrogens with zero attached hydrogens (tertiary/aromatic N) is 3. The van der Waals surface area contributed by atoms with Crippen molar-refractivity contribution >= 4 is 17.6 Å². The molecule has 1 amide bonds. The molecule has 2 saturated heterocycles. The third-order valence-electron chi connectivity index (χ3n) is 5.51. The number of nitrogens with two attached hydrogens (primary N) is 2. The molecular weight excluding hydrogens is 370 g/mol. The highest BCUT2D eigenvalue weighted by Crippen LogP contribution is 2.28. The van der Waals surface area contributed by atoms with E-state index in [0.29, 0.717) is 6.54 Å². The van der Waals surface area contributed by atoms with Gasteiger partial charge >= 0.3 is 5.97 Å². The molecule has 0 aromatic heterocycles. The number of carbonyl (C=O) groups is 2. The molecule has 0 radical (unpaired) electrons. The number of anilines is 1. The van der Waals surface area contributed by atoms with Gasteiger partial charge in [-0.2, -0.15) is 0 Å². The van der Waals surface area contributed by atoms with E-state index in [1.807, 2.05) is 30.0 Å². The summed E-state index contributed by atoms with van der Waals surface area (Å²) in [5, 5.41) is 1.35. The van der Waals surface area contributed by atoms with Gasteiger partial charge in [0.15, 0.2) is 0 Å². The summed E-state index contributed by atoms with van der Waals surface area (Å²) in [6.07, 6.45) is 4.62. The van der Waals surface area contributed by atoms with Gasteiger partial charge in [-0.1, -0.05) is 18.6 Å². The van der Waals surface area contributed by atoms with Gasteiger partial charge in [0.05, 0.1) is 19.2 Å². The lowest BCUT2D eigenvalue weighted by molar-refractivity contribution is -0.138. The third kappa shape index (κ3) is 4.89. The average Bonchev–Trinajstić information content (AvgIpc) is 2.69. The number of rotatable bonds is 6. The Balaban J connectivity index is 1.68. The Morgan fingerprint density at radius 3 is 2.83 bits per heavy atom. The van der Waals surface area contributed by atoms with Crippen LogP contribution in [-0.2, 0) is 20.9 Å². The molecule has 3 rings (SSSR count). The van der Waals surface area contributed by atoms with Crippen LogP contribution in [0.4, 0.5) is 5.69 Å². The number of esters is 1. The van der Waals surface area contributed by atoms with E-state index < -0.39 is 5.97 Å². The van der Waals surface area contributed by atoms with E-state index in [2.05, 4.69) is 4.90 Å². The smallest absolute Gasteiger partial charge is 0.355 e. The topological polar surface area (TPSA) is 105 Å². The first-order valence-electron chi connectivity index (χ1n) is 10.2. The number of hydrogen-bond acceptors (Lipinski definition) is 7. The highest BCUT2D eigenvalue weighted by atomic mass is 16.5. The fourth-order valence-corrected chi connectivity index (χ4v) is 4.12. The zero-order valence-corrected chi connectivity index (χ0v) is 17.3. The monoisotopic (exact) mass is 401 g/mol. The minimum absolute atomic E-state index is 0.0205. The van der Waals surface area contributed by atoms with Crippen LogP contribution in [0.25, 0.3) is 0 Å². The van der Waals surface area contributed by atoms with Crippen LogP contribution in [0.2, 0.25) is 0 Å². The molecule has 158 valence electrons. The second-order valence-electron chi connectivity index (χ2n) is 7.64. The molecule has 2 fully saturated rings. The number of piperidine rings is 1. The Bertz CT molecular complexity index is 795. The predicted octanol–water partition coefficient (Wildman–Crippen LogP) is 1.24. The number of amides is 1. The van der Waals surface area contributed by atoms with Gasteiger partial charge in [0.25, 0.3) is 0 Å². The van der Waals surface area contributed by atoms with Gasteiger partial charge in [-0.15, -0.1) is 0 Å². The number of hydrazine groups is 1. The zero-order chi connectivity index (χ0) is 21.0. The van der Waals surface area contributed by atoms with Crippen LogP contribution in [0.15, 0.2) is 30.1 Å². The normalized spacial score (nSPS) is 20.4. The zero-order valence-electron chi connectivity index (χ0n) is 17.3. The Morgan fingerprint density at radius 1 is 1.31 bits per heavy atom. The summed E-state index contributed by atoms with van der Waals surface area (Å²) in [7, 11) is 0. The van der Waals surface area contributed by atoms with Crippen LogP contribution in [0, 0.1) is 6.92 Å². The average molecular weight is 402 g/mol. The maximum atomic E-state index is 13.0. The lowest BCUT2D eigenvalue weighted by atomic mass is 9.97. The van der Waals surface area contributed by atoms with Gasteiger partial charge in [0, 0.05) is 25.0 Å². The number of carbonyl (C=O) groups excluding carboxylic acids is 2. The summed E-state index contributed by atoms with van der Waals surface area (Å²) in [5.41, 5.74) is 8.59. The van der Waals surface area contributed by atoms with Crippen LogP contribution in [-0.4, -0.2) is 54.1 Å². The van der Waals surface area contributed by atoms with Crippen molar-refractivity contribution in [1.82, 2.24) is 9.91 Å². The summed E-state index contributed by atoms with van der Waals surface area (Å²) >= 11 is 0. The van der Waals surface area contributed by atoms with E-state index >= 15 is 0 Å². The van der Waals surface area contributed by atoms with E-state index in [4.69, 9.17) is 16.3 Å². The van der Waals surface area contributed by atoms with Gasteiger partial charge in [-0.05, 0) is 50.4 Å². The predicted molar refractivity (Wildman–Crippen MR) is 111 cm³/mol. The number of fused-ring (bicyclic) bond motifs is 1. The molecule has 0 bridgehead atoms. The van der Waals surface area contributed by atoms with Crippen LogP contribution in [0.3, 0.4) is 0 Å². The fourth-order valence-electron chi connectivity index (χ4n) is 4.12. The number of ether oxygens (including phenoxy) is 1. The van der Waals surface area contributed by atoms with Crippen molar-refractivity contribution in [3.63, 3.8) is 0 Å². The largest absolute Gasteiger partial charge is 0.461 e. The van der Waals surface area contributed by atoms with Crippen LogP contribution < -0.4 is 16.5 Å². The molecule has 4 N–H and O–H groups in total. The van der Waals surface area contributed by atoms with Gasteiger partial charge in [0.2, 0.25) is 5.91 Å². The van der Waals surface area contributed by atoms with E-state index in [-0.39, 0.29) is 24.3 Å². The van der Waals surface area contributed by atoms with Crippen molar-refractivity contribution < 1.29 is 14.3 Å². The molecule has 0 saturated carbocycles. The first kappa shape index (κ1) is 21.1. The van der Waals surface area contributed by atoms with Crippen molar-refractivity contribution in [3.05, 3.63) is 41.2 Å². The second kappa shape index (κ2) is 9.28. The minimum atomic E-state index is -0.588. The lowest BCUT2D eigenvalue weighted by Crippen LogP contribution is -2.58. The number of benzene rings is 1. The summed E-state index contributed by atoms with van der Waals surface area (Å²) < 4.78 is 4.85. The van der Waals surface area contributed by atoms with E-state index in [1.54, 1.807) is 6.92 Å². The summed E-state index contributed by atoms with van der Waals surface area (Å²) in [6, 6.07) is 5.97. The number of piperazine rings is 1. The van der Waals surface area contributed by atoms with Gasteiger partial charge < -0.3 is 20.4 Å². The van der Waals surface area contributed by atoms with Crippen molar-refractivity contribution in [2.24, 2.45) is 11.6 Å². The quantitative estimate of drug-likeness (QED) is 0.320. The first-order chi connectivity index (χ1) is 13.9. The molecule has 8 heteroatoms. The standard InChI is InChI=1S/C21H31N5O3/c1-3-29-21(28)17(22)14-25(23)13-16-7-8-18(15(2)12-16)26-11-10-24-9-5-4-6-19(24)20(26)27/h7-8,12,14,19H,3-6,9-11,13,22-23H2,1-2H3/b17-14-. The highest BCUT2D eigenvalue weighted by Gasteiger charge is 2.36. The van der Waals surface area contributed by atoms with E-state index in [1.165, 1.54) is 17.6 Å². The number of aryl methyl sites for hydroxylation is 1. The molecule has 0 aliphatic carbocycles. The summed E-state index contributed by atoms with van der Waals surface area (Å²) in [4.78, 5) is 28.8. The molecule has 1 aromatic carbocycles. The van der Waals surface area contributed by atoms with E-state index in [0.717, 1.165) is 49.3 Å². The Labute approximate surface area is 172 Å². The van der Waals surface area contributed by atoms with Crippen LogP contribution in [0.1, 0.15) is 37.3 Å². The Hall–Kier alpha value is -2.58. The molecule has 1 atom stereocenters. The molecule has 8 nitrogen and oxygen atoms in total. The summed E-state index contributed by atoms with van der Waals surface area (Å²) in [5.74, 6) is 5.58. The summed E-state index contributed by atoms with van der Waals surface area (Å²) in [6.45, 7) is 7.02. The molecule has 1 aromatic rings. The van der Waals surface area contributed by atoms with E-state index in [9.17, 15) is 9.59 Å². The Morgan fingerprint density at radius 2 is 2.10 bits per heavy atom. The maximum Gasteiger partial charge on any atom is 0.355 e. The van der Waals surface area contributed by atoms with Crippen molar-refractivity contribution in [2.45, 2.75) is 45.7 Å². The second-order valence-corrected chi connectivity index (χ2v) is 7.64. The lowest BCUT2D eigenvalue weighted by Gasteiger charge is -2.43. The van der Waals surface area contributed by atoms with Gasteiger partial charge in [-0.3, -0.25) is 9.69 Å². The third-order valence-corrected chi connectivity index (χ3v) is 5.51. The molecule has 2 aliphatic heterocycles. The van der Waals surface area contributed by atoms with Crippen LogP contribution >= 0.6 is 0 Å². The van der Waals surface area contributed by atoms with Gasteiger partial charge in [-0.25, -0.2) is 10.6 Å². The molecule has 29 heavy (non-hydrogen) atoms. The molecule has 0 spiro atoms. The molecule has 2 aliphatic rings. The van der Waals surface area contributed by atoms with Crippen molar-refractivity contribution in [1.29, 1.82) is 0 Å². The number of hydrogen-bond donors (Lipinski definition) is 2. The van der Waals surface area contributed by atoms with Gasteiger partial charge in [0.1, 0.15) is 5.70 Å². The molecular formula is C21H31N5O3. The fraction of sp³-hybridized carbons (Fsp3) is 0.524. The highest BCUT2D eigenvalue weighted by molar-refractivity contribution is 5.98. The Kier molecular flexibility index (Phi) is 6.76.